The van der Waals surface area contributed by atoms with Crippen LogP contribution in [-0.4, -0.2) is 17.0 Å². The van der Waals surface area contributed by atoms with Gasteiger partial charge >= 0.3 is 5.97 Å². The summed E-state index contributed by atoms with van der Waals surface area (Å²) in [6.07, 6.45) is 0.837. The van der Waals surface area contributed by atoms with Crippen LogP contribution in [0, 0.1) is 0 Å². The molecule has 0 saturated carbocycles. The molecule has 0 aliphatic rings. The highest BCUT2D eigenvalue weighted by atomic mass is 35.5. The molecule has 0 saturated heterocycles. The van der Waals surface area contributed by atoms with E-state index in [4.69, 9.17) is 16.7 Å². The first-order valence-electron chi connectivity index (χ1n) is 6.40. The van der Waals surface area contributed by atoms with Crippen molar-refractivity contribution in [1.29, 1.82) is 0 Å². The Morgan fingerprint density at radius 2 is 2.05 bits per heavy atom. The van der Waals surface area contributed by atoms with Crippen molar-refractivity contribution >= 4 is 39.8 Å². The molecule has 1 aromatic heterocycles. The average Bonchev–Trinajstić information content (AvgIpc) is 2.84. The fraction of sp³-hybridized carbons (Fsp3) is 0.200. The molecule has 2 rings (SSSR count). The molecule has 0 unspecified atom stereocenters. The number of anilines is 1. The van der Waals surface area contributed by atoms with Gasteiger partial charge < -0.3 is 10.4 Å². The van der Waals surface area contributed by atoms with E-state index in [2.05, 4.69) is 5.32 Å². The van der Waals surface area contributed by atoms with Crippen LogP contribution in [0.1, 0.15) is 27.7 Å². The van der Waals surface area contributed by atoms with E-state index in [1.807, 2.05) is 6.92 Å². The quantitative estimate of drug-likeness (QED) is 0.878. The standard InChI is InChI=1S/C15H14ClNO3S/c1-2-10-8-11(15(19)20)14(21-10)17-13(18)7-9-5-3-4-6-12(9)16/h3-6,8H,2,7H2,1H3,(H,17,18)(H,19,20). The van der Waals surface area contributed by atoms with Crippen molar-refractivity contribution in [2.75, 3.05) is 5.32 Å². The second-order valence-corrected chi connectivity index (χ2v) is 5.97. The highest BCUT2D eigenvalue weighted by Gasteiger charge is 2.17. The van der Waals surface area contributed by atoms with E-state index >= 15 is 0 Å². The zero-order chi connectivity index (χ0) is 15.4. The molecule has 6 heteroatoms. The number of amides is 1. The normalized spacial score (nSPS) is 10.4. The maximum absolute atomic E-state index is 12.1. The van der Waals surface area contributed by atoms with Crippen molar-refractivity contribution in [3.05, 3.63) is 51.4 Å². The van der Waals surface area contributed by atoms with Gasteiger partial charge in [-0.25, -0.2) is 4.79 Å². The molecular formula is C15H14ClNO3S. The van der Waals surface area contributed by atoms with E-state index < -0.39 is 5.97 Å². The van der Waals surface area contributed by atoms with E-state index in [0.29, 0.717) is 15.6 Å². The second kappa shape index (κ2) is 6.74. The zero-order valence-corrected chi connectivity index (χ0v) is 12.9. The van der Waals surface area contributed by atoms with Crippen molar-refractivity contribution in [3.63, 3.8) is 0 Å². The molecule has 0 bridgehead atoms. The molecule has 110 valence electrons. The molecule has 4 nitrogen and oxygen atoms in total. The SMILES string of the molecule is CCc1cc(C(=O)O)c(NC(=O)Cc2ccccc2Cl)s1. The molecule has 2 aromatic rings. The van der Waals surface area contributed by atoms with E-state index in [1.165, 1.54) is 11.3 Å². The summed E-state index contributed by atoms with van der Waals surface area (Å²) in [4.78, 5) is 24.1. The number of carboxylic acid groups (broad SMARTS) is 1. The predicted molar refractivity (Wildman–Crippen MR) is 84.4 cm³/mol. The first-order valence-corrected chi connectivity index (χ1v) is 7.60. The van der Waals surface area contributed by atoms with Gasteiger partial charge in [0.25, 0.3) is 0 Å². The molecule has 2 N–H and O–H groups in total. The maximum atomic E-state index is 12.1. The van der Waals surface area contributed by atoms with Gasteiger partial charge in [-0.05, 0) is 24.1 Å². The number of benzene rings is 1. The molecular weight excluding hydrogens is 310 g/mol. The van der Waals surface area contributed by atoms with E-state index in [-0.39, 0.29) is 17.9 Å². The van der Waals surface area contributed by atoms with Crippen molar-refractivity contribution < 1.29 is 14.7 Å². The molecule has 0 aliphatic carbocycles. The first-order chi connectivity index (χ1) is 10.0. The third-order valence-corrected chi connectivity index (χ3v) is 4.49. The molecule has 1 heterocycles. The smallest absolute Gasteiger partial charge is 0.338 e. The van der Waals surface area contributed by atoms with Gasteiger partial charge in [0.1, 0.15) is 5.00 Å². The summed E-state index contributed by atoms with van der Waals surface area (Å²) in [6, 6.07) is 8.67. The largest absolute Gasteiger partial charge is 0.478 e. The van der Waals surface area contributed by atoms with Crippen LogP contribution in [0.15, 0.2) is 30.3 Å². The van der Waals surface area contributed by atoms with Crippen LogP contribution < -0.4 is 5.32 Å². The Morgan fingerprint density at radius 1 is 1.33 bits per heavy atom. The number of rotatable bonds is 5. The lowest BCUT2D eigenvalue weighted by Gasteiger charge is -2.05. The summed E-state index contributed by atoms with van der Waals surface area (Å²) in [5.41, 5.74) is 0.838. The predicted octanol–water partition coefficient (Wildman–Crippen LogP) is 3.84. The van der Waals surface area contributed by atoms with Crippen LogP contribution in [0.3, 0.4) is 0 Å². The molecule has 0 radical (unpaired) electrons. The molecule has 1 amide bonds. The third kappa shape index (κ3) is 3.83. The van der Waals surface area contributed by atoms with Crippen LogP contribution >= 0.6 is 22.9 Å². The van der Waals surface area contributed by atoms with Gasteiger partial charge in [0.2, 0.25) is 5.91 Å². The number of carbonyl (C=O) groups is 2. The van der Waals surface area contributed by atoms with Gasteiger partial charge in [0.05, 0.1) is 12.0 Å². The monoisotopic (exact) mass is 323 g/mol. The summed E-state index contributed by atoms with van der Waals surface area (Å²) in [6.45, 7) is 1.94. The van der Waals surface area contributed by atoms with Gasteiger partial charge in [0.15, 0.2) is 0 Å². The van der Waals surface area contributed by atoms with Crippen LogP contribution in [0.4, 0.5) is 5.00 Å². The molecule has 0 spiro atoms. The highest BCUT2D eigenvalue weighted by molar-refractivity contribution is 7.16. The van der Waals surface area contributed by atoms with E-state index in [0.717, 1.165) is 11.3 Å². The minimum Gasteiger partial charge on any atom is -0.478 e. The van der Waals surface area contributed by atoms with Crippen LogP contribution in [-0.2, 0) is 17.6 Å². The number of carboxylic acids is 1. The number of carbonyl (C=O) groups excluding carboxylic acids is 1. The minimum absolute atomic E-state index is 0.109. The maximum Gasteiger partial charge on any atom is 0.338 e. The summed E-state index contributed by atoms with van der Waals surface area (Å²) >= 11 is 7.29. The van der Waals surface area contributed by atoms with Gasteiger partial charge in [-0.1, -0.05) is 36.7 Å². The fourth-order valence-electron chi connectivity index (χ4n) is 1.85. The number of hydrogen-bond acceptors (Lipinski definition) is 3. The number of thiophene rings is 1. The van der Waals surface area contributed by atoms with Crippen molar-refractivity contribution in [2.24, 2.45) is 0 Å². The Morgan fingerprint density at radius 3 is 2.67 bits per heavy atom. The van der Waals surface area contributed by atoms with Crippen molar-refractivity contribution in [1.82, 2.24) is 0 Å². The highest BCUT2D eigenvalue weighted by Crippen LogP contribution is 2.29. The number of hydrogen-bond donors (Lipinski definition) is 2. The number of halogens is 1. The Labute approximate surface area is 131 Å². The first kappa shape index (κ1) is 15.5. The Hall–Kier alpha value is -1.85. The van der Waals surface area contributed by atoms with Crippen LogP contribution in [0.2, 0.25) is 5.02 Å². The summed E-state index contributed by atoms with van der Waals surface area (Å²) in [7, 11) is 0. The number of nitrogens with one attached hydrogen (secondary N) is 1. The van der Waals surface area contributed by atoms with Crippen LogP contribution in [0.25, 0.3) is 0 Å². The van der Waals surface area contributed by atoms with E-state index in [9.17, 15) is 9.59 Å². The second-order valence-electron chi connectivity index (χ2n) is 4.43. The van der Waals surface area contributed by atoms with Gasteiger partial charge in [-0.15, -0.1) is 11.3 Å². The Kier molecular flexibility index (Phi) is 4.98. The summed E-state index contributed by atoms with van der Waals surface area (Å²) < 4.78 is 0. The summed E-state index contributed by atoms with van der Waals surface area (Å²) in [5.74, 6) is -1.32. The average molecular weight is 324 g/mol. The molecule has 0 aliphatic heterocycles. The Bertz CT molecular complexity index is 681. The van der Waals surface area contributed by atoms with Gasteiger partial charge in [-0.2, -0.15) is 0 Å². The van der Waals surface area contributed by atoms with Crippen molar-refractivity contribution in [3.8, 4) is 0 Å². The van der Waals surface area contributed by atoms with Crippen LogP contribution in [0.5, 0.6) is 0 Å². The minimum atomic E-state index is -1.04. The van der Waals surface area contributed by atoms with E-state index in [1.54, 1.807) is 30.3 Å². The zero-order valence-electron chi connectivity index (χ0n) is 11.4. The third-order valence-electron chi connectivity index (χ3n) is 2.92. The lowest BCUT2D eigenvalue weighted by Crippen LogP contribution is -2.15. The lowest BCUT2D eigenvalue weighted by molar-refractivity contribution is -0.115. The topological polar surface area (TPSA) is 66.4 Å². The number of aryl methyl sites for hydroxylation is 1. The van der Waals surface area contributed by atoms with Gasteiger partial charge in [-0.3, -0.25) is 4.79 Å². The molecule has 21 heavy (non-hydrogen) atoms. The van der Waals surface area contributed by atoms with Crippen molar-refractivity contribution in [2.45, 2.75) is 19.8 Å². The summed E-state index contributed by atoms with van der Waals surface area (Å²) in [5, 5.41) is 12.7. The molecule has 0 fully saturated rings. The fourth-order valence-corrected chi connectivity index (χ4v) is 3.06. The molecule has 0 atom stereocenters. The molecule has 1 aromatic carbocycles. The Balaban J connectivity index is 2.14. The van der Waals surface area contributed by atoms with Gasteiger partial charge in [0, 0.05) is 9.90 Å². The lowest BCUT2D eigenvalue weighted by atomic mass is 10.1. The number of aromatic carboxylic acids is 1.